The van der Waals surface area contributed by atoms with E-state index >= 15 is 0 Å². The fourth-order valence-corrected chi connectivity index (χ4v) is 2.68. The van der Waals surface area contributed by atoms with Crippen molar-refractivity contribution in [3.8, 4) is 0 Å². The summed E-state index contributed by atoms with van der Waals surface area (Å²) in [5.41, 5.74) is 0. The van der Waals surface area contributed by atoms with Gasteiger partial charge in [0, 0.05) is 12.3 Å². The topological polar surface area (TPSA) is 81.7 Å². The second-order valence-electron chi connectivity index (χ2n) is 3.76. The van der Waals surface area contributed by atoms with E-state index in [0.29, 0.717) is 18.2 Å². The summed E-state index contributed by atoms with van der Waals surface area (Å²) < 4.78 is 0. The lowest BCUT2D eigenvalue weighted by Gasteiger charge is -2.20. The van der Waals surface area contributed by atoms with E-state index < -0.39 is 12.0 Å². The highest BCUT2D eigenvalue weighted by molar-refractivity contribution is 7.99. The van der Waals surface area contributed by atoms with Crippen LogP contribution in [0.3, 0.4) is 0 Å². The predicted octanol–water partition coefficient (Wildman–Crippen LogP) is 0.155. The van der Waals surface area contributed by atoms with Crippen LogP contribution >= 0.6 is 11.8 Å². The van der Waals surface area contributed by atoms with Crippen LogP contribution in [-0.4, -0.2) is 59.3 Å². The van der Waals surface area contributed by atoms with Crippen LogP contribution in [0.25, 0.3) is 0 Å². The third kappa shape index (κ3) is 4.43. The Kier molecular flexibility index (Phi) is 6.13. The number of hydrogen-bond donors (Lipinski definition) is 3. The number of hydrogen-bond acceptors (Lipinski definition) is 4. The summed E-state index contributed by atoms with van der Waals surface area (Å²) >= 11 is 1.47. The Morgan fingerprint density at radius 2 is 2.24 bits per heavy atom. The fourth-order valence-electron chi connectivity index (χ4n) is 1.53. The van der Waals surface area contributed by atoms with E-state index in [4.69, 9.17) is 5.11 Å². The molecule has 1 saturated heterocycles. The van der Waals surface area contributed by atoms with Gasteiger partial charge in [-0.2, -0.15) is 0 Å². The Hall–Kier alpha value is -0.950. The third-order valence-electron chi connectivity index (χ3n) is 2.48. The molecule has 0 aromatic rings. The molecule has 7 heteroatoms. The molecule has 0 bridgehead atoms. The minimum absolute atomic E-state index is 0.279. The van der Waals surface area contributed by atoms with Crippen LogP contribution in [0.15, 0.2) is 0 Å². The van der Waals surface area contributed by atoms with Crippen molar-refractivity contribution in [1.29, 1.82) is 0 Å². The smallest absolute Gasteiger partial charge is 0.327 e. The normalized spacial score (nSPS) is 19.4. The third-order valence-corrected chi connectivity index (χ3v) is 3.50. The molecule has 0 aromatic heterocycles. The molecule has 1 atom stereocenters. The highest BCUT2D eigenvalue weighted by atomic mass is 32.2. The largest absolute Gasteiger partial charge is 0.480 e. The maximum atomic E-state index is 11.7. The first kappa shape index (κ1) is 14.1. The molecule has 0 aromatic carbocycles. The summed E-state index contributed by atoms with van der Waals surface area (Å²) in [6.07, 6.45) is 0.846. The maximum absolute atomic E-state index is 11.7. The van der Waals surface area contributed by atoms with Crippen molar-refractivity contribution in [2.24, 2.45) is 0 Å². The van der Waals surface area contributed by atoms with Gasteiger partial charge in [-0.15, -0.1) is 11.8 Å². The predicted molar refractivity (Wildman–Crippen MR) is 67.1 cm³/mol. The molecule has 2 amide bonds. The summed E-state index contributed by atoms with van der Waals surface area (Å²) in [7, 11) is 0. The number of carboxylic acids is 1. The van der Waals surface area contributed by atoms with Crippen molar-refractivity contribution in [3.63, 3.8) is 0 Å². The molecule has 98 valence electrons. The van der Waals surface area contributed by atoms with E-state index in [0.717, 1.165) is 19.5 Å². The first-order valence-electron chi connectivity index (χ1n) is 5.72. The molecule has 0 spiro atoms. The lowest BCUT2D eigenvalue weighted by molar-refractivity contribution is -0.140. The van der Waals surface area contributed by atoms with Gasteiger partial charge in [0.15, 0.2) is 0 Å². The standard InChI is InChI=1S/C10H19N3O3S/c1-2-11-4-3-5-12-10(16)13-7-17-6-8(13)9(14)15/h8,11H,2-7H2,1H3,(H,12,16)(H,14,15)/t8-/m0/s1. The number of carbonyl (C=O) groups excluding carboxylic acids is 1. The summed E-state index contributed by atoms with van der Waals surface area (Å²) in [5, 5.41) is 14.8. The number of urea groups is 1. The van der Waals surface area contributed by atoms with Gasteiger partial charge in [-0.05, 0) is 19.5 Å². The molecule has 0 aliphatic carbocycles. The second-order valence-corrected chi connectivity index (χ2v) is 4.76. The van der Waals surface area contributed by atoms with Gasteiger partial charge >= 0.3 is 12.0 Å². The van der Waals surface area contributed by atoms with E-state index in [1.165, 1.54) is 16.7 Å². The lowest BCUT2D eigenvalue weighted by atomic mass is 10.3. The van der Waals surface area contributed by atoms with E-state index in [1.807, 2.05) is 6.92 Å². The number of nitrogens with one attached hydrogen (secondary N) is 2. The molecule has 1 heterocycles. The molecule has 1 fully saturated rings. The van der Waals surface area contributed by atoms with Gasteiger partial charge in [0.2, 0.25) is 0 Å². The molecule has 1 aliphatic heterocycles. The first-order valence-corrected chi connectivity index (χ1v) is 6.88. The highest BCUT2D eigenvalue weighted by Crippen LogP contribution is 2.20. The second kappa shape index (κ2) is 7.39. The van der Waals surface area contributed by atoms with Gasteiger partial charge in [-0.25, -0.2) is 9.59 Å². The van der Waals surface area contributed by atoms with Crippen molar-refractivity contribution in [2.75, 3.05) is 31.3 Å². The summed E-state index contributed by atoms with van der Waals surface area (Å²) in [6.45, 7) is 4.36. The van der Waals surface area contributed by atoms with Crippen LogP contribution in [-0.2, 0) is 4.79 Å². The van der Waals surface area contributed by atoms with Crippen molar-refractivity contribution >= 4 is 23.8 Å². The van der Waals surface area contributed by atoms with Gasteiger partial charge in [0.25, 0.3) is 0 Å². The Balaban J connectivity index is 2.25. The minimum atomic E-state index is -0.933. The zero-order valence-electron chi connectivity index (χ0n) is 9.94. The Bertz CT molecular complexity index is 276. The Morgan fingerprint density at radius 1 is 1.47 bits per heavy atom. The lowest BCUT2D eigenvalue weighted by Crippen LogP contribution is -2.47. The number of aliphatic carboxylic acids is 1. The van der Waals surface area contributed by atoms with Crippen LogP contribution in [0.1, 0.15) is 13.3 Å². The molecule has 0 saturated carbocycles. The Morgan fingerprint density at radius 3 is 2.88 bits per heavy atom. The quantitative estimate of drug-likeness (QED) is 0.593. The number of carbonyl (C=O) groups is 2. The van der Waals surface area contributed by atoms with Crippen LogP contribution in [0.2, 0.25) is 0 Å². The monoisotopic (exact) mass is 261 g/mol. The number of carboxylic acid groups (broad SMARTS) is 1. The molecule has 6 nitrogen and oxygen atoms in total. The summed E-state index contributed by atoms with van der Waals surface area (Å²) in [5.74, 6) is -0.00585. The minimum Gasteiger partial charge on any atom is -0.480 e. The molecule has 1 aliphatic rings. The number of amides is 2. The van der Waals surface area contributed by atoms with Crippen molar-refractivity contribution in [2.45, 2.75) is 19.4 Å². The SMILES string of the molecule is CCNCCCNC(=O)N1CSC[C@H]1C(=O)O. The molecule has 1 rings (SSSR count). The van der Waals surface area contributed by atoms with E-state index in [2.05, 4.69) is 10.6 Å². The molecular weight excluding hydrogens is 242 g/mol. The zero-order valence-corrected chi connectivity index (χ0v) is 10.8. The number of nitrogens with zero attached hydrogens (tertiary/aromatic N) is 1. The van der Waals surface area contributed by atoms with Gasteiger partial charge in [0.1, 0.15) is 6.04 Å². The number of thioether (sulfide) groups is 1. The van der Waals surface area contributed by atoms with Crippen LogP contribution in [0, 0.1) is 0 Å². The average Bonchev–Trinajstić information content (AvgIpc) is 2.77. The van der Waals surface area contributed by atoms with Crippen LogP contribution < -0.4 is 10.6 Å². The van der Waals surface area contributed by atoms with Crippen molar-refractivity contribution in [3.05, 3.63) is 0 Å². The molecule has 3 N–H and O–H groups in total. The molecular formula is C10H19N3O3S. The van der Waals surface area contributed by atoms with Gasteiger partial charge in [0.05, 0.1) is 5.88 Å². The fraction of sp³-hybridized carbons (Fsp3) is 0.800. The maximum Gasteiger partial charge on any atom is 0.327 e. The van der Waals surface area contributed by atoms with E-state index in [1.54, 1.807) is 0 Å². The zero-order chi connectivity index (χ0) is 12.7. The van der Waals surface area contributed by atoms with E-state index in [-0.39, 0.29) is 6.03 Å². The van der Waals surface area contributed by atoms with Gasteiger partial charge in [-0.3, -0.25) is 0 Å². The van der Waals surface area contributed by atoms with E-state index in [9.17, 15) is 9.59 Å². The molecule has 0 radical (unpaired) electrons. The summed E-state index contributed by atoms with van der Waals surface area (Å²) in [6, 6.07) is -0.965. The summed E-state index contributed by atoms with van der Waals surface area (Å²) in [4.78, 5) is 24.0. The van der Waals surface area contributed by atoms with Crippen molar-refractivity contribution in [1.82, 2.24) is 15.5 Å². The number of rotatable bonds is 6. The van der Waals surface area contributed by atoms with Crippen LogP contribution in [0.5, 0.6) is 0 Å². The highest BCUT2D eigenvalue weighted by Gasteiger charge is 2.34. The van der Waals surface area contributed by atoms with Crippen molar-refractivity contribution < 1.29 is 14.7 Å². The van der Waals surface area contributed by atoms with Gasteiger partial charge in [-0.1, -0.05) is 6.92 Å². The Labute approximate surface area is 105 Å². The van der Waals surface area contributed by atoms with Crippen LogP contribution in [0.4, 0.5) is 4.79 Å². The molecule has 17 heavy (non-hydrogen) atoms. The first-order chi connectivity index (χ1) is 8.16. The van der Waals surface area contributed by atoms with Gasteiger partial charge < -0.3 is 20.6 Å². The molecule has 0 unspecified atom stereocenters. The average molecular weight is 261 g/mol.